The summed E-state index contributed by atoms with van der Waals surface area (Å²) in [4.78, 5) is 16.4. The van der Waals surface area contributed by atoms with Crippen molar-refractivity contribution in [3.05, 3.63) is 35.2 Å². The van der Waals surface area contributed by atoms with Crippen molar-refractivity contribution in [2.75, 3.05) is 11.9 Å². The van der Waals surface area contributed by atoms with Crippen LogP contribution < -0.4 is 22.1 Å². The Balaban J connectivity index is 1.81. The van der Waals surface area contributed by atoms with Crippen LogP contribution in [0.2, 0.25) is 0 Å². The number of carbonyl (C=O) groups excluding carboxylic acids is 1. The summed E-state index contributed by atoms with van der Waals surface area (Å²) in [6, 6.07) is 0.738. The molecule has 6 nitrogen and oxygen atoms in total. The largest absolute Gasteiger partial charge is 0.416 e. The van der Waals surface area contributed by atoms with E-state index in [0.717, 1.165) is 25.0 Å². The van der Waals surface area contributed by atoms with Crippen LogP contribution in [-0.4, -0.2) is 29.5 Å². The minimum Gasteiger partial charge on any atom is -0.401 e. The molecule has 1 fully saturated rings. The van der Waals surface area contributed by atoms with E-state index in [2.05, 4.69) is 15.6 Å². The average molecular weight is 341 g/mol. The van der Waals surface area contributed by atoms with Gasteiger partial charge in [0, 0.05) is 23.9 Å². The fraction of sp³-hybridized carbons (Fsp3) is 0.467. The second-order valence-electron chi connectivity index (χ2n) is 6.09. The van der Waals surface area contributed by atoms with Crippen molar-refractivity contribution in [1.82, 2.24) is 10.3 Å². The van der Waals surface area contributed by atoms with Gasteiger partial charge >= 0.3 is 6.18 Å². The molecule has 2 atom stereocenters. The van der Waals surface area contributed by atoms with E-state index in [0.29, 0.717) is 17.9 Å². The molecular weight excluding hydrogens is 323 g/mol. The van der Waals surface area contributed by atoms with Crippen LogP contribution in [0.25, 0.3) is 0 Å². The van der Waals surface area contributed by atoms with E-state index in [1.165, 1.54) is 6.08 Å². The van der Waals surface area contributed by atoms with Gasteiger partial charge in [-0.15, -0.1) is 0 Å². The first-order valence-electron chi connectivity index (χ1n) is 7.60. The summed E-state index contributed by atoms with van der Waals surface area (Å²) < 4.78 is 39.1. The van der Waals surface area contributed by atoms with Crippen LogP contribution in [0.5, 0.6) is 0 Å². The average Bonchev–Trinajstić information content (AvgIpc) is 3.33. The molecule has 1 amide bonds. The number of alkyl halides is 3. The van der Waals surface area contributed by atoms with Crippen molar-refractivity contribution < 1.29 is 18.0 Å². The number of nitrogens with zero attached hydrogens (tertiary/aromatic N) is 1. The van der Waals surface area contributed by atoms with Gasteiger partial charge in [-0.1, -0.05) is 0 Å². The van der Waals surface area contributed by atoms with Gasteiger partial charge in [-0.25, -0.2) is 4.98 Å². The molecule has 0 bridgehead atoms. The van der Waals surface area contributed by atoms with Crippen molar-refractivity contribution >= 4 is 11.7 Å². The number of anilines is 1. The standard InChI is InChI=1S/C15H18F3N5O/c16-15(17,18)8-3-11(7-1-2-7)22-13(4-8)23-14(24)12-5-9(19)10(20)6-21-12/h3-5,7,10,12,21H,1-2,6,19-20H2,(H,22,23,24). The molecule has 1 aromatic rings. The van der Waals surface area contributed by atoms with Gasteiger partial charge in [0.05, 0.1) is 11.6 Å². The molecule has 1 saturated carbocycles. The van der Waals surface area contributed by atoms with Gasteiger partial charge in [0.25, 0.3) is 0 Å². The van der Waals surface area contributed by atoms with Crippen LogP contribution in [0, 0.1) is 0 Å². The van der Waals surface area contributed by atoms with Gasteiger partial charge in [-0.3, -0.25) is 4.79 Å². The van der Waals surface area contributed by atoms with Crippen molar-refractivity contribution in [3.8, 4) is 0 Å². The summed E-state index contributed by atoms with van der Waals surface area (Å²) >= 11 is 0. The second kappa shape index (κ2) is 6.06. The van der Waals surface area contributed by atoms with E-state index in [1.54, 1.807) is 0 Å². The summed E-state index contributed by atoms with van der Waals surface area (Å²) in [5, 5.41) is 5.30. The number of carbonyl (C=O) groups is 1. The summed E-state index contributed by atoms with van der Waals surface area (Å²) in [5.41, 5.74) is 11.3. The molecule has 6 N–H and O–H groups in total. The van der Waals surface area contributed by atoms with Gasteiger partial charge in [0.2, 0.25) is 5.91 Å². The first kappa shape index (κ1) is 16.7. The number of amides is 1. The highest BCUT2D eigenvalue weighted by Gasteiger charge is 2.34. The molecule has 9 heteroatoms. The first-order chi connectivity index (χ1) is 11.2. The Morgan fingerprint density at radius 3 is 2.62 bits per heavy atom. The smallest absolute Gasteiger partial charge is 0.401 e. The highest BCUT2D eigenvalue weighted by atomic mass is 19.4. The Labute approximate surface area is 136 Å². The molecule has 1 aliphatic carbocycles. The predicted octanol–water partition coefficient (Wildman–Crippen LogP) is 1.06. The molecule has 130 valence electrons. The minimum absolute atomic E-state index is 0.0318. The van der Waals surface area contributed by atoms with E-state index in [9.17, 15) is 18.0 Å². The Bertz CT molecular complexity index is 684. The number of hydrogen-bond donors (Lipinski definition) is 4. The van der Waals surface area contributed by atoms with Crippen molar-refractivity contribution in [3.63, 3.8) is 0 Å². The number of rotatable bonds is 3. The van der Waals surface area contributed by atoms with Crippen LogP contribution in [-0.2, 0) is 11.0 Å². The normalized spacial score (nSPS) is 24.4. The monoisotopic (exact) mass is 341 g/mol. The fourth-order valence-electron chi connectivity index (χ4n) is 2.49. The number of halogens is 3. The summed E-state index contributed by atoms with van der Waals surface area (Å²) in [6.45, 7) is 0.309. The lowest BCUT2D eigenvalue weighted by Gasteiger charge is -2.24. The van der Waals surface area contributed by atoms with E-state index in [1.807, 2.05) is 0 Å². The zero-order valence-electron chi connectivity index (χ0n) is 12.7. The topological polar surface area (TPSA) is 106 Å². The Kier molecular flexibility index (Phi) is 4.22. The predicted molar refractivity (Wildman–Crippen MR) is 81.9 cm³/mol. The number of hydrogen-bond acceptors (Lipinski definition) is 5. The van der Waals surface area contributed by atoms with Crippen molar-refractivity contribution in [2.45, 2.75) is 37.0 Å². The molecule has 0 saturated heterocycles. The van der Waals surface area contributed by atoms with Gasteiger partial charge in [-0.2, -0.15) is 13.2 Å². The van der Waals surface area contributed by atoms with E-state index < -0.39 is 23.7 Å². The second-order valence-corrected chi connectivity index (χ2v) is 6.09. The highest BCUT2D eigenvalue weighted by molar-refractivity contribution is 5.95. The Morgan fingerprint density at radius 1 is 1.33 bits per heavy atom. The molecule has 24 heavy (non-hydrogen) atoms. The molecule has 0 radical (unpaired) electrons. The van der Waals surface area contributed by atoms with E-state index >= 15 is 0 Å². The molecule has 2 aliphatic rings. The van der Waals surface area contributed by atoms with Crippen LogP contribution in [0.4, 0.5) is 19.0 Å². The molecule has 0 aromatic carbocycles. The summed E-state index contributed by atoms with van der Waals surface area (Å²) in [6.07, 6.45) is -1.42. The van der Waals surface area contributed by atoms with Crippen LogP contribution >= 0.6 is 0 Å². The lowest BCUT2D eigenvalue weighted by molar-refractivity contribution is -0.137. The van der Waals surface area contributed by atoms with Crippen LogP contribution in [0.1, 0.15) is 30.0 Å². The molecular formula is C15H18F3N5O. The molecule has 3 rings (SSSR count). The lowest BCUT2D eigenvalue weighted by Crippen LogP contribution is -2.51. The van der Waals surface area contributed by atoms with Gasteiger partial charge in [-0.05, 0) is 31.1 Å². The molecule has 2 heterocycles. The third-order valence-corrected chi connectivity index (χ3v) is 4.05. The minimum atomic E-state index is -4.49. The summed E-state index contributed by atoms with van der Waals surface area (Å²) in [7, 11) is 0. The molecule has 1 aliphatic heterocycles. The van der Waals surface area contributed by atoms with Crippen molar-refractivity contribution in [1.29, 1.82) is 0 Å². The van der Waals surface area contributed by atoms with Crippen LogP contribution in [0.15, 0.2) is 23.9 Å². The zero-order chi connectivity index (χ0) is 17.5. The lowest BCUT2D eigenvalue weighted by atomic mass is 10.1. The molecule has 1 aromatic heterocycles. The first-order valence-corrected chi connectivity index (χ1v) is 7.60. The number of pyridine rings is 1. The maximum absolute atomic E-state index is 13.0. The van der Waals surface area contributed by atoms with E-state index in [-0.39, 0.29) is 17.8 Å². The number of nitrogens with two attached hydrogens (primary N) is 2. The Hall–Kier alpha value is -2.13. The zero-order valence-corrected chi connectivity index (χ0v) is 12.7. The highest BCUT2D eigenvalue weighted by Crippen LogP contribution is 2.41. The van der Waals surface area contributed by atoms with Crippen LogP contribution in [0.3, 0.4) is 0 Å². The third kappa shape index (κ3) is 3.68. The third-order valence-electron chi connectivity index (χ3n) is 4.05. The Morgan fingerprint density at radius 2 is 2.04 bits per heavy atom. The summed E-state index contributed by atoms with van der Waals surface area (Å²) in [5.74, 6) is -0.608. The quantitative estimate of drug-likeness (QED) is 0.658. The number of aromatic nitrogens is 1. The number of nitrogens with one attached hydrogen (secondary N) is 2. The fourth-order valence-corrected chi connectivity index (χ4v) is 2.49. The maximum Gasteiger partial charge on any atom is 0.416 e. The molecule has 2 unspecified atom stereocenters. The maximum atomic E-state index is 13.0. The van der Waals surface area contributed by atoms with Gasteiger partial charge in [0.15, 0.2) is 0 Å². The van der Waals surface area contributed by atoms with Crippen molar-refractivity contribution in [2.24, 2.45) is 11.5 Å². The van der Waals surface area contributed by atoms with E-state index in [4.69, 9.17) is 11.5 Å². The molecule has 0 spiro atoms. The SMILES string of the molecule is NC1=CC(C(=O)Nc2cc(C(F)(F)F)cc(C3CC3)n2)NCC1N. The van der Waals surface area contributed by atoms with Gasteiger partial charge in [0.1, 0.15) is 11.9 Å². The van der Waals surface area contributed by atoms with Gasteiger partial charge < -0.3 is 22.1 Å².